The van der Waals surface area contributed by atoms with Crippen molar-refractivity contribution in [1.82, 2.24) is 0 Å². The summed E-state index contributed by atoms with van der Waals surface area (Å²) in [6.45, 7) is 2.23. The maximum Gasteiger partial charge on any atom is 0.573 e. The molecule has 192 valence electrons. The largest absolute Gasteiger partial charge is 0.573 e. The molecule has 0 aliphatic heterocycles. The molecule has 7 heteroatoms. The zero-order valence-corrected chi connectivity index (χ0v) is 20.0. The Bertz CT molecular complexity index is 1160. The molecule has 2 aromatic rings. The molecule has 0 atom stereocenters. The number of hydrogen-bond donors (Lipinski definition) is 0. The van der Waals surface area contributed by atoms with Gasteiger partial charge in [-0.25, -0.2) is 13.2 Å². The third-order valence-corrected chi connectivity index (χ3v) is 7.01. The van der Waals surface area contributed by atoms with Crippen molar-refractivity contribution in [2.75, 3.05) is 0 Å². The Labute approximate surface area is 207 Å². The molecule has 0 radical (unpaired) electrons. The Kier molecular flexibility index (Phi) is 7.96. The highest BCUT2D eigenvalue weighted by Crippen LogP contribution is 2.38. The lowest BCUT2D eigenvalue weighted by Gasteiger charge is -2.29. The fourth-order valence-electron chi connectivity index (χ4n) is 5.20. The van der Waals surface area contributed by atoms with Crippen LogP contribution < -0.4 is 4.74 Å². The van der Waals surface area contributed by atoms with Crippen LogP contribution in [0.1, 0.15) is 57.4 Å². The van der Waals surface area contributed by atoms with Crippen LogP contribution in [0.5, 0.6) is 5.75 Å². The van der Waals surface area contributed by atoms with Crippen molar-refractivity contribution in [2.24, 2.45) is 11.8 Å². The summed E-state index contributed by atoms with van der Waals surface area (Å²) in [5.41, 5.74) is 2.46. The van der Waals surface area contributed by atoms with Gasteiger partial charge < -0.3 is 4.74 Å². The summed E-state index contributed by atoms with van der Waals surface area (Å²) in [5.74, 6) is -4.08. The topological polar surface area (TPSA) is 9.23 Å². The van der Waals surface area contributed by atoms with E-state index in [9.17, 15) is 26.3 Å². The van der Waals surface area contributed by atoms with Gasteiger partial charge in [-0.15, -0.1) is 13.2 Å². The predicted octanol–water partition coefficient (Wildman–Crippen LogP) is 9.55. The van der Waals surface area contributed by atoms with Crippen LogP contribution in [0.4, 0.5) is 26.3 Å². The van der Waals surface area contributed by atoms with Gasteiger partial charge in [0.2, 0.25) is 5.75 Å². The molecule has 0 saturated heterocycles. The molecular weight excluding hydrogens is 478 g/mol. The quantitative estimate of drug-likeness (QED) is 0.355. The molecule has 2 aliphatic carbocycles. The van der Waals surface area contributed by atoms with Gasteiger partial charge >= 0.3 is 6.36 Å². The minimum atomic E-state index is -5.25. The molecule has 0 N–H and O–H groups in total. The summed E-state index contributed by atoms with van der Waals surface area (Å²) in [5, 5.41) is 0. The summed E-state index contributed by atoms with van der Waals surface area (Å²) in [7, 11) is 0. The highest BCUT2D eigenvalue weighted by molar-refractivity contribution is 5.73. The molecule has 0 unspecified atom stereocenters. The first-order chi connectivity index (χ1) is 17.1. The van der Waals surface area contributed by atoms with Crippen LogP contribution in [-0.4, -0.2) is 6.36 Å². The van der Waals surface area contributed by atoms with E-state index in [1.807, 2.05) is 6.08 Å². The summed E-state index contributed by atoms with van der Waals surface area (Å²) >= 11 is 0. The van der Waals surface area contributed by atoms with Gasteiger partial charge in [0.15, 0.2) is 11.6 Å². The number of allylic oxidation sites excluding steroid dienone is 6. The van der Waals surface area contributed by atoms with Crippen molar-refractivity contribution >= 4 is 5.57 Å². The molecule has 2 aromatic carbocycles. The zero-order chi connectivity index (χ0) is 25.9. The van der Waals surface area contributed by atoms with Crippen molar-refractivity contribution in [2.45, 2.75) is 58.2 Å². The Morgan fingerprint density at radius 1 is 0.861 bits per heavy atom. The maximum absolute atomic E-state index is 15.0. The molecular formula is C29H28F6O. The summed E-state index contributed by atoms with van der Waals surface area (Å²) in [6, 6.07) is 5.54. The summed E-state index contributed by atoms with van der Waals surface area (Å²) in [6.07, 6.45) is 11.0. The minimum absolute atomic E-state index is 0.125. The van der Waals surface area contributed by atoms with Gasteiger partial charge in [0, 0.05) is 5.56 Å². The van der Waals surface area contributed by atoms with E-state index in [1.165, 1.54) is 56.2 Å². The first-order valence-corrected chi connectivity index (χ1v) is 12.3. The van der Waals surface area contributed by atoms with E-state index in [1.54, 1.807) is 6.07 Å². The summed E-state index contributed by atoms with van der Waals surface area (Å²) in [4.78, 5) is 0. The second kappa shape index (κ2) is 11.0. The van der Waals surface area contributed by atoms with E-state index in [0.29, 0.717) is 30.0 Å². The molecule has 36 heavy (non-hydrogen) atoms. The van der Waals surface area contributed by atoms with Gasteiger partial charge in [0.25, 0.3) is 0 Å². The highest BCUT2D eigenvalue weighted by Gasteiger charge is 2.34. The van der Waals surface area contributed by atoms with Gasteiger partial charge in [-0.2, -0.15) is 0 Å². The van der Waals surface area contributed by atoms with Crippen molar-refractivity contribution in [3.05, 3.63) is 83.2 Å². The number of benzene rings is 2. The molecule has 0 amide bonds. The SMILES string of the molecule is CCCC1CCC(C2=CC=C(c3ccc(-c4cc(F)c(OC(F)(F)F)c(F)c4)c(F)c3)CC=C2)CC1. The standard InChI is InChI=1S/C29H28F6O/c1-2-4-18-7-9-21(10-8-18)19-5-3-6-20(12-11-19)22-13-14-24(25(30)15-22)23-16-26(31)28(27(32)17-23)36-29(33,34)35/h3,5,11-18,21H,2,4,6-10H2,1H3. The van der Waals surface area contributed by atoms with Crippen molar-refractivity contribution in [1.29, 1.82) is 0 Å². The third-order valence-electron chi connectivity index (χ3n) is 7.01. The van der Waals surface area contributed by atoms with E-state index in [-0.39, 0.29) is 11.1 Å². The van der Waals surface area contributed by atoms with Gasteiger partial charge in [-0.1, -0.05) is 56.2 Å². The number of hydrogen-bond acceptors (Lipinski definition) is 1. The van der Waals surface area contributed by atoms with Gasteiger partial charge in [-0.3, -0.25) is 0 Å². The van der Waals surface area contributed by atoms with E-state index in [0.717, 1.165) is 11.5 Å². The van der Waals surface area contributed by atoms with Gasteiger partial charge in [-0.05, 0) is 84.4 Å². The molecule has 0 bridgehead atoms. The Balaban J connectivity index is 1.53. The first-order valence-electron chi connectivity index (χ1n) is 12.3. The Morgan fingerprint density at radius 3 is 2.14 bits per heavy atom. The number of halogens is 6. The lowest BCUT2D eigenvalue weighted by molar-refractivity contribution is -0.276. The lowest BCUT2D eigenvalue weighted by Crippen LogP contribution is -2.19. The Hall–Kier alpha value is -2.96. The van der Waals surface area contributed by atoms with Gasteiger partial charge in [0.05, 0.1) is 0 Å². The molecule has 1 saturated carbocycles. The molecule has 4 rings (SSSR count). The fraction of sp³-hybridized carbons (Fsp3) is 0.379. The number of rotatable bonds is 6. The molecule has 0 spiro atoms. The molecule has 1 fully saturated rings. The van der Waals surface area contributed by atoms with E-state index < -0.39 is 29.6 Å². The second-order valence-corrected chi connectivity index (χ2v) is 9.48. The van der Waals surface area contributed by atoms with E-state index in [2.05, 4.69) is 29.9 Å². The van der Waals surface area contributed by atoms with Crippen LogP contribution in [0.3, 0.4) is 0 Å². The van der Waals surface area contributed by atoms with Gasteiger partial charge in [0.1, 0.15) is 5.82 Å². The summed E-state index contributed by atoms with van der Waals surface area (Å²) < 4.78 is 83.8. The lowest BCUT2D eigenvalue weighted by atomic mass is 9.77. The van der Waals surface area contributed by atoms with Crippen LogP contribution in [0.15, 0.2) is 60.2 Å². The second-order valence-electron chi connectivity index (χ2n) is 9.48. The molecule has 0 heterocycles. The number of ether oxygens (including phenoxy) is 1. The third kappa shape index (κ3) is 6.23. The van der Waals surface area contributed by atoms with Crippen molar-refractivity contribution in [3.8, 4) is 16.9 Å². The van der Waals surface area contributed by atoms with E-state index in [4.69, 9.17) is 0 Å². The van der Waals surface area contributed by atoms with Crippen LogP contribution in [0.25, 0.3) is 16.7 Å². The van der Waals surface area contributed by atoms with Crippen molar-refractivity contribution < 1.29 is 31.1 Å². The predicted molar refractivity (Wildman–Crippen MR) is 129 cm³/mol. The van der Waals surface area contributed by atoms with E-state index >= 15 is 0 Å². The maximum atomic E-state index is 15.0. The fourth-order valence-corrected chi connectivity index (χ4v) is 5.20. The van der Waals surface area contributed by atoms with Crippen molar-refractivity contribution in [3.63, 3.8) is 0 Å². The molecule has 1 nitrogen and oxygen atoms in total. The minimum Gasteiger partial charge on any atom is -0.399 e. The average Bonchev–Trinajstić information content (AvgIpc) is 3.08. The molecule has 2 aliphatic rings. The van der Waals surface area contributed by atoms with Crippen LogP contribution in [-0.2, 0) is 0 Å². The highest BCUT2D eigenvalue weighted by atomic mass is 19.4. The number of alkyl halides is 3. The van der Waals surface area contributed by atoms with Crippen LogP contribution >= 0.6 is 0 Å². The van der Waals surface area contributed by atoms with Crippen LogP contribution in [0, 0.1) is 29.3 Å². The monoisotopic (exact) mass is 506 g/mol. The Morgan fingerprint density at radius 2 is 1.53 bits per heavy atom. The van der Waals surface area contributed by atoms with Crippen LogP contribution in [0.2, 0.25) is 0 Å². The normalized spacial score (nSPS) is 20.5. The first kappa shape index (κ1) is 26.1. The smallest absolute Gasteiger partial charge is 0.399 e. The zero-order valence-electron chi connectivity index (χ0n) is 20.0. The molecule has 0 aromatic heterocycles. The average molecular weight is 507 g/mol.